The molecule has 0 saturated heterocycles. The van der Waals surface area contributed by atoms with Crippen LogP contribution in [0, 0.1) is 6.92 Å². The van der Waals surface area contributed by atoms with Gasteiger partial charge in [0.25, 0.3) is 5.91 Å². The maximum absolute atomic E-state index is 12.1. The number of benzene rings is 1. The van der Waals surface area contributed by atoms with E-state index < -0.39 is 0 Å². The predicted molar refractivity (Wildman–Crippen MR) is 90.4 cm³/mol. The fourth-order valence-electron chi connectivity index (χ4n) is 1.89. The highest BCUT2D eigenvalue weighted by Crippen LogP contribution is 2.12. The van der Waals surface area contributed by atoms with Crippen LogP contribution in [0.1, 0.15) is 15.9 Å². The van der Waals surface area contributed by atoms with Crippen LogP contribution in [0.2, 0.25) is 0 Å². The lowest BCUT2D eigenvalue weighted by Gasteiger charge is -2.11. The first kappa shape index (κ1) is 16.0. The molecule has 0 radical (unpaired) electrons. The molecule has 0 bridgehead atoms. The Balaban J connectivity index is 1.90. The largest absolute Gasteiger partial charge is 0.369 e. The zero-order chi connectivity index (χ0) is 15.9. The Kier molecular flexibility index (Phi) is 5.49. The molecule has 0 fully saturated rings. The molecule has 1 aromatic carbocycles. The lowest BCUT2D eigenvalue weighted by atomic mass is 10.1. The van der Waals surface area contributed by atoms with Crippen molar-refractivity contribution in [3.05, 3.63) is 53.7 Å². The fourth-order valence-corrected chi connectivity index (χ4v) is 1.89. The topological polar surface area (TPSA) is 57.3 Å². The lowest BCUT2D eigenvalue weighted by molar-refractivity contribution is 0.102. The van der Waals surface area contributed by atoms with E-state index in [9.17, 15) is 4.79 Å². The highest BCUT2D eigenvalue weighted by Gasteiger charge is 2.05. The molecule has 1 amide bonds. The zero-order valence-electron chi connectivity index (χ0n) is 13.3. The number of nitrogens with one attached hydrogen (secondary N) is 2. The number of anilines is 2. The normalized spacial score (nSPS) is 10.5. The maximum Gasteiger partial charge on any atom is 0.255 e. The van der Waals surface area contributed by atoms with Gasteiger partial charge in [-0.3, -0.25) is 4.79 Å². The van der Waals surface area contributed by atoms with Crippen LogP contribution < -0.4 is 10.6 Å². The van der Waals surface area contributed by atoms with E-state index in [4.69, 9.17) is 0 Å². The molecular formula is C17H22N4O. The number of hydrogen-bond donors (Lipinski definition) is 2. The maximum atomic E-state index is 12.1. The second-order valence-corrected chi connectivity index (χ2v) is 5.48. The summed E-state index contributed by atoms with van der Waals surface area (Å²) in [7, 11) is 4.05. The molecule has 5 heteroatoms. The van der Waals surface area contributed by atoms with Crippen molar-refractivity contribution in [2.24, 2.45) is 0 Å². The summed E-state index contributed by atoms with van der Waals surface area (Å²) in [5.74, 6) is 0.672. The molecule has 2 aromatic rings. The third-order valence-electron chi connectivity index (χ3n) is 3.20. The van der Waals surface area contributed by atoms with E-state index >= 15 is 0 Å². The number of rotatable bonds is 6. The minimum Gasteiger partial charge on any atom is -0.369 e. The highest BCUT2D eigenvalue weighted by atomic mass is 16.1. The van der Waals surface area contributed by atoms with Crippen LogP contribution in [0.25, 0.3) is 0 Å². The Hall–Kier alpha value is -2.40. The van der Waals surface area contributed by atoms with Gasteiger partial charge in [-0.05, 0) is 45.3 Å². The Bertz CT molecular complexity index is 606. The summed E-state index contributed by atoms with van der Waals surface area (Å²) in [6.07, 6.45) is 1.66. The number of carbonyl (C=O) groups is 1. The summed E-state index contributed by atoms with van der Waals surface area (Å²) in [4.78, 5) is 18.5. The van der Waals surface area contributed by atoms with Gasteiger partial charge in [-0.2, -0.15) is 0 Å². The Morgan fingerprint density at radius 1 is 1.14 bits per heavy atom. The van der Waals surface area contributed by atoms with Crippen molar-refractivity contribution < 1.29 is 4.79 Å². The number of hydrogen-bond acceptors (Lipinski definition) is 4. The number of nitrogens with zero attached hydrogens (tertiary/aromatic N) is 2. The average Bonchev–Trinajstić information content (AvgIpc) is 2.49. The summed E-state index contributed by atoms with van der Waals surface area (Å²) >= 11 is 0. The number of pyridine rings is 1. The van der Waals surface area contributed by atoms with Gasteiger partial charge < -0.3 is 15.5 Å². The molecule has 0 aliphatic heterocycles. The molecule has 0 aliphatic carbocycles. The smallest absolute Gasteiger partial charge is 0.255 e. The van der Waals surface area contributed by atoms with Crippen LogP contribution in [0.4, 0.5) is 11.5 Å². The number of likely N-dealkylation sites (N-methyl/N-ethyl adjacent to an activating group) is 1. The van der Waals surface area contributed by atoms with Crippen molar-refractivity contribution in [1.29, 1.82) is 0 Å². The van der Waals surface area contributed by atoms with Gasteiger partial charge in [0.2, 0.25) is 0 Å². The Morgan fingerprint density at radius 2 is 1.86 bits per heavy atom. The molecule has 0 saturated carbocycles. The first-order valence-electron chi connectivity index (χ1n) is 7.27. The molecule has 5 nitrogen and oxygen atoms in total. The van der Waals surface area contributed by atoms with E-state index in [-0.39, 0.29) is 5.91 Å². The summed E-state index contributed by atoms with van der Waals surface area (Å²) in [6.45, 7) is 3.76. The molecule has 2 rings (SSSR count). The standard InChI is InChI=1S/C17H22N4O/c1-13-4-6-14(7-5-13)17(22)20-15-8-9-16(19-12-15)18-10-11-21(2)3/h4-9,12H,10-11H2,1-3H3,(H,18,19)(H,20,22). The van der Waals surface area contributed by atoms with Crippen LogP contribution in [0.3, 0.4) is 0 Å². The molecule has 1 aromatic heterocycles. The quantitative estimate of drug-likeness (QED) is 0.861. The number of aryl methyl sites for hydroxylation is 1. The SMILES string of the molecule is Cc1ccc(C(=O)Nc2ccc(NCCN(C)C)nc2)cc1. The summed E-state index contributed by atoms with van der Waals surface area (Å²) in [5, 5.41) is 6.07. The molecule has 22 heavy (non-hydrogen) atoms. The van der Waals surface area contributed by atoms with Crippen LogP contribution in [-0.2, 0) is 0 Å². The van der Waals surface area contributed by atoms with Gasteiger partial charge in [-0.15, -0.1) is 0 Å². The van der Waals surface area contributed by atoms with Gasteiger partial charge in [0.1, 0.15) is 5.82 Å². The number of carbonyl (C=O) groups excluding carboxylic acids is 1. The third-order valence-corrected chi connectivity index (χ3v) is 3.20. The van der Waals surface area contributed by atoms with E-state index in [1.54, 1.807) is 6.20 Å². The summed E-state index contributed by atoms with van der Waals surface area (Å²) < 4.78 is 0. The van der Waals surface area contributed by atoms with Crippen molar-refractivity contribution in [1.82, 2.24) is 9.88 Å². The van der Waals surface area contributed by atoms with Gasteiger partial charge in [0.15, 0.2) is 0 Å². The van der Waals surface area contributed by atoms with Crippen LogP contribution >= 0.6 is 0 Å². The van der Waals surface area contributed by atoms with Crippen molar-refractivity contribution in [3.8, 4) is 0 Å². The monoisotopic (exact) mass is 298 g/mol. The average molecular weight is 298 g/mol. The van der Waals surface area contributed by atoms with Gasteiger partial charge in [0, 0.05) is 18.7 Å². The summed E-state index contributed by atoms with van der Waals surface area (Å²) in [6, 6.07) is 11.2. The second kappa shape index (κ2) is 7.56. The number of aromatic nitrogens is 1. The predicted octanol–water partition coefficient (Wildman–Crippen LogP) is 2.62. The van der Waals surface area contributed by atoms with Gasteiger partial charge in [-0.25, -0.2) is 4.98 Å². The lowest BCUT2D eigenvalue weighted by Crippen LogP contribution is -2.21. The van der Waals surface area contributed by atoms with E-state index in [0.717, 1.165) is 24.5 Å². The van der Waals surface area contributed by atoms with Crippen molar-refractivity contribution >= 4 is 17.4 Å². The first-order chi connectivity index (χ1) is 10.5. The molecule has 2 N–H and O–H groups in total. The number of amides is 1. The molecule has 0 unspecified atom stereocenters. The molecule has 0 aliphatic rings. The van der Waals surface area contributed by atoms with Crippen molar-refractivity contribution in [2.45, 2.75) is 6.92 Å². The van der Waals surface area contributed by atoms with Crippen LogP contribution in [0.15, 0.2) is 42.6 Å². The molecule has 1 heterocycles. The Morgan fingerprint density at radius 3 is 2.45 bits per heavy atom. The third kappa shape index (κ3) is 4.86. The van der Waals surface area contributed by atoms with E-state index in [1.165, 1.54) is 0 Å². The van der Waals surface area contributed by atoms with Gasteiger partial charge in [-0.1, -0.05) is 17.7 Å². The van der Waals surface area contributed by atoms with E-state index in [2.05, 4.69) is 20.5 Å². The summed E-state index contributed by atoms with van der Waals surface area (Å²) in [5.41, 5.74) is 2.45. The molecular weight excluding hydrogens is 276 g/mol. The van der Waals surface area contributed by atoms with Gasteiger partial charge >= 0.3 is 0 Å². The molecule has 116 valence electrons. The van der Waals surface area contributed by atoms with Crippen LogP contribution in [-0.4, -0.2) is 43.0 Å². The van der Waals surface area contributed by atoms with E-state index in [0.29, 0.717) is 11.3 Å². The fraction of sp³-hybridized carbons (Fsp3) is 0.294. The van der Waals surface area contributed by atoms with Crippen molar-refractivity contribution in [3.63, 3.8) is 0 Å². The van der Waals surface area contributed by atoms with Crippen molar-refractivity contribution in [2.75, 3.05) is 37.8 Å². The molecule has 0 atom stereocenters. The highest BCUT2D eigenvalue weighted by molar-refractivity contribution is 6.04. The zero-order valence-corrected chi connectivity index (χ0v) is 13.3. The first-order valence-corrected chi connectivity index (χ1v) is 7.27. The Labute approximate surface area is 131 Å². The van der Waals surface area contributed by atoms with Gasteiger partial charge in [0.05, 0.1) is 11.9 Å². The minimum atomic E-state index is -0.130. The van der Waals surface area contributed by atoms with Crippen LogP contribution in [0.5, 0.6) is 0 Å². The minimum absolute atomic E-state index is 0.130. The molecule has 0 spiro atoms. The van der Waals surface area contributed by atoms with E-state index in [1.807, 2.05) is 57.4 Å². The second-order valence-electron chi connectivity index (χ2n) is 5.48.